The molecule has 0 amide bonds. The second-order valence-corrected chi connectivity index (χ2v) is 5.69. The molecular formula is C13H12BrCl2NO. The van der Waals surface area contributed by atoms with Crippen LogP contribution in [0.4, 0.5) is 0 Å². The molecule has 1 unspecified atom stereocenters. The third-order valence-corrected chi connectivity index (χ3v) is 3.79. The van der Waals surface area contributed by atoms with Crippen LogP contribution in [-0.2, 0) is 0 Å². The second-order valence-electron chi connectivity index (χ2n) is 3.96. The van der Waals surface area contributed by atoms with Gasteiger partial charge in [-0.2, -0.15) is 0 Å². The van der Waals surface area contributed by atoms with Crippen LogP contribution in [0.1, 0.15) is 18.7 Å². The number of rotatable bonds is 3. The van der Waals surface area contributed by atoms with Crippen LogP contribution in [0.2, 0.25) is 10.0 Å². The van der Waals surface area contributed by atoms with Crippen LogP contribution in [-0.4, -0.2) is 7.05 Å². The molecule has 1 heterocycles. The molecule has 1 aromatic carbocycles. The van der Waals surface area contributed by atoms with E-state index in [-0.39, 0.29) is 6.04 Å². The van der Waals surface area contributed by atoms with Gasteiger partial charge in [-0.25, -0.2) is 0 Å². The Morgan fingerprint density at radius 3 is 2.39 bits per heavy atom. The fourth-order valence-corrected chi connectivity index (χ4v) is 3.03. The van der Waals surface area contributed by atoms with Crippen molar-refractivity contribution in [2.75, 3.05) is 7.05 Å². The fourth-order valence-electron chi connectivity index (χ4n) is 1.64. The van der Waals surface area contributed by atoms with E-state index in [4.69, 9.17) is 27.6 Å². The molecule has 0 spiro atoms. The van der Waals surface area contributed by atoms with Gasteiger partial charge in [0, 0.05) is 4.47 Å². The molecule has 1 atom stereocenters. The summed E-state index contributed by atoms with van der Waals surface area (Å²) in [5.74, 6) is 1.53. The average molecular weight is 349 g/mol. The molecule has 0 fully saturated rings. The molecule has 0 saturated heterocycles. The lowest BCUT2D eigenvalue weighted by atomic mass is 10.2. The first kappa shape index (κ1) is 13.9. The van der Waals surface area contributed by atoms with Crippen molar-refractivity contribution in [1.82, 2.24) is 5.32 Å². The van der Waals surface area contributed by atoms with Crippen molar-refractivity contribution in [2.45, 2.75) is 13.0 Å². The minimum atomic E-state index is 0.145. The molecule has 0 saturated carbocycles. The van der Waals surface area contributed by atoms with Gasteiger partial charge in [-0.1, -0.05) is 39.1 Å². The summed E-state index contributed by atoms with van der Waals surface area (Å²) in [5, 5.41) is 4.24. The Balaban J connectivity index is 2.46. The molecule has 5 heteroatoms. The van der Waals surface area contributed by atoms with E-state index in [0.29, 0.717) is 15.8 Å². The van der Waals surface area contributed by atoms with Crippen LogP contribution in [0.5, 0.6) is 0 Å². The molecule has 18 heavy (non-hydrogen) atoms. The average Bonchev–Trinajstić information content (AvgIpc) is 2.76. The van der Waals surface area contributed by atoms with Crippen molar-refractivity contribution in [3.63, 3.8) is 0 Å². The third-order valence-electron chi connectivity index (χ3n) is 2.74. The SMILES string of the molecule is CNC(C)c1ccc(-c2c(Cl)cc(Br)cc2Cl)o1. The van der Waals surface area contributed by atoms with Gasteiger partial charge in [0.05, 0.1) is 21.7 Å². The first-order valence-electron chi connectivity index (χ1n) is 5.45. The second kappa shape index (κ2) is 5.66. The van der Waals surface area contributed by atoms with E-state index < -0.39 is 0 Å². The normalized spacial score (nSPS) is 12.7. The quantitative estimate of drug-likeness (QED) is 0.814. The number of furan rings is 1. The van der Waals surface area contributed by atoms with Crippen molar-refractivity contribution in [1.29, 1.82) is 0 Å². The van der Waals surface area contributed by atoms with Crippen LogP contribution in [0.15, 0.2) is 33.2 Å². The molecule has 2 rings (SSSR count). The number of hydrogen-bond acceptors (Lipinski definition) is 2. The Hall–Kier alpha value is -0.480. The predicted octanol–water partition coefficient (Wildman–Crippen LogP) is 5.30. The smallest absolute Gasteiger partial charge is 0.137 e. The maximum Gasteiger partial charge on any atom is 0.137 e. The highest BCUT2D eigenvalue weighted by atomic mass is 79.9. The van der Waals surface area contributed by atoms with Gasteiger partial charge < -0.3 is 9.73 Å². The molecular weight excluding hydrogens is 337 g/mol. The standard InChI is InChI=1S/C13H12BrCl2NO/c1-7(17-2)11-3-4-12(18-11)13-9(15)5-8(14)6-10(13)16/h3-7,17H,1-2H3. The summed E-state index contributed by atoms with van der Waals surface area (Å²) in [6.45, 7) is 2.02. The molecule has 2 nitrogen and oxygen atoms in total. The number of benzene rings is 1. The summed E-state index contributed by atoms with van der Waals surface area (Å²) in [5.41, 5.74) is 0.719. The molecule has 0 aliphatic carbocycles. The van der Waals surface area contributed by atoms with Gasteiger partial charge >= 0.3 is 0 Å². The molecule has 96 valence electrons. The van der Waals surface area contributed by atoms with Gasteiger partial charge in [0.2, 0.25) is 0 Å². The number of halogens is 3. The first-order chi connectivity index (χ1) is 8.52. The van der Waals surface area contributed by atoms with E-state index in [1.54, 1.807) is 12.1 Å². The molecule has 1 aromatic heterocycles. The Labute approximate surface area is 124 Å². The highest BCUT2D eigenvalue weighted by molar-refractivity contribution is 9.10. The molecule has 0 aliphatic rings. The van der Waals surface area contributed by atoms with E-state index in [0.717, 1.165) is 15.8 Å². The Morgan fingerprint density at radius 1 is 1.22 bits per heavy atom. The first-order valence-corrected chi connectivity index (χ1v) is 6.99. The molecule has 0 bridgehead atoms. The van der Waals surface area contributed by atoms with Crippen molar-refractivity contribution in [2.24, 2.45) is 0 Å². The van der Waals surface area contributed by atoms with Crippen LogP contribution < -0.4 is 5.32 Å². The summed E-state index contributed by atoms with van der Waals surface area (Å²) in [6.07, 6.45) is 0. The van der Waals surface area contributed by atoms with Crippen molar-refractivity contribution in [3.05, 3.63) is 44.5 Å². The van der Waals surface area contributed by atoms with Crippen LogP contribution in [0, 0.1) is 0 Å². The van der Waals surface area contributed by atoms with Gasteiger partial charge in [-0.3, -0.25) is 0 Å². The van der Waals surface area contributed by atoms with E-state index in [1.807, 2.05) is 26.1 Å². The summed E-state index contributed by atoms with van der Waals surface area (Å²) < 4.78 is 6.62. The van der Waals surface area contributed by atoms with Crippen molar-refractivity contribution >= 4 is 39.1 Å². The Kier molecular flexibility index (Phi) is 4.38. The lowest BCUT2D eigenvalue weighted by molar-refractivity contribution is 0.458. The van der Waals surface area contributed by atoms with Gasteiger partial charge in [0.1, 0.15) is 11.5 Å². The number of nitrogens with one attached hydrogen (secondary N) is 1. The van der Waals surface area contributed by atoms with Gasteiger partial charge in [-0.15, -0.1) is 0 Å². The van der Waals surface area contributed by atoms with E-state index in [2.05, 4.69) is 21.2 Å². The Morgan fingerprint density at radius 2 is 1.83 bits per heavy atom. The van der Waals surface area contributed by atoms with Gasteiger partial charge in [0.25, 0.3) is 0 Å². The minimum Gasteiger partial charge on any atom is -0.459 e. The molecule has 2 aromatic rings. The molecule has 1 N–H and O–H groups in total. The molecule has 0 aliphatic heterocycles. The lowest BCUT2D eigenvalue weighted by Gasteiger charge is -2.07. The monoisotopic (exact) mass is 347 g/mol. The number of hydrogen-bond donors (Lipinski definition) is 1. The lowest BCUT2D eigenvalue weighted by Crippen LogP contribution is -2.11. The van der Waals surface area contributed by atoms with E-state index >= 15 is 0 Å². The highest BCUT2D eigenvalue weighted by Crippen LogP contribution is 2.38. The summed E-state index contributed by atoms with van der Waals surface area (Å²) in [4.78, 5) is 0. The Bertz CT molecular complexity index is 545. The topological polar surface area (TPSA) is 25.2 Å². The summed E-state index contributed by atoms with van der Waals surface area (Å²) in [7, 11) is 1.88. The summed E-state index contributed by atoms with van der Waals surface area (Å²) in [6, 6.07) is 7.54. The molecule has 0 radical (unpaired) electrons. The van der Waals surface area contributed by atoms with Crippen molar-refractivity contribution < 1.29 is 4.42 Å². The van der Waals surface area contributed by atoms with Crippen molar-refractivity contribution in [3.8, 4) is 11.3 Å². The minimum absolute atomic E-state index is 0.145. The van der Waals surface area contributed by atoms with Gasteiger partial charge in [0.15, 0.2) is 0 Å². The van der Waals surface area contributed by atoms with Crippen LogP contribution in [0.25, 0.3) is 11.3 Å². The third kappa shape index (κ3) is 2.75. The largest absolute Gasteiger partial charge is 0.459 e. The highest BCUT2D eigenvalue weighted by Gasteiger charge is 2.15. The van der Waals surface area contributed by atoms with E-state index in [1.165, 1.54) is 0 Å². The van der Waals surface area contributed by atoms with Crippen LogP contribution in [0.3, 0.4) is 0 Å². The predicted molar refractivity (Wildman–Crippen MR) is 79.3 cm³/mol. The zero-order valence-electron chi connectivity index (χ0n) is 9.93. The summed E-state index contributed by atoms with van der Waals surface area (Å²) >= 11 is 15.8. The van der Waals surface area contributed by atoms with E-state index in [9.17, 15) is 0 Å². The zero-order chi connectivity index (χ0) is 13.3. The maximum atomic E-state index is 6.20. The zero-order valence-corrected chi connectivity index (χ0v) is 13.0. The fraction of sp³-hybridized carbons (Fsp3) is 0.231. The van der Waals surface area contributed by atoms with Gasteiger partial charge in [-0.05, 0) is 38.2 Å². The maximum absolute atomic E-state index is 6.20. The van der Waals surface area contributed by atoms with Crippen LogP contribution >= 0.6 is 39.1 Å².